The van der Waals surface area contributed by atoms with Crippen LogP contribution in [0, 0.1) is 0 Å². The second kappa shape index (κ2) is 13.0. The Kier molecular flexibility index (Phi) is 8.53. The smallest absolute Gasteiger partial charge is 0.143 e. The Balaban J connectivity index is 1.21. The zero-order chi connectivity index (χ0) is 41.0. The molecule has 0 saturated heterocycles. The number of fused-ring (bicyclic) bond motifs is 6. The van der Waals surface area contributed by atoms with Gasteiger partial charge in [-0.15, -0.1) is 0 Å². The zero-order valence-electron chi connectivity index (χ0n) is 36.4. The summed E-state index contributed by atoms with van der Waals surface area (Å²) in [7, 11) is 2.37. The molecule has 1 unspecified atom stereocenters. The van der Waals surface area contributed by atoms with Crippen molar-refractivity contribution in [3.63, 3.8) is 0 Å². The van der Waals surface area contributed by atoms with Gasteiger partial charge in [-0.25, -0.2) is 4.48 Å². The Morgan fingerprint density at radius 1 is 0.379 bits per heavy atom. The van der Waals surface area contributed by atoms with Crippen molar-refractivity contribution in [1.82, 2.24) is 4.48 Å². The van der Waals surface area contributed by atoms with Crippen LogP contribution in [0.5, 0.6) is 0 Å². The predicted molar refractivity (Wildman–Crippen MR) is 250 cm³/mol. The van der Waals surface area contributed by atoms with Gasteiger partial charge in [0.2, 0.25) is 0 Å². The van der Waals surface area contributed by atoms with E-state index in [1.165, 1.54) is 95.0 Å². The molecule has 2 aliphatic carbocycles. The summed E-state index contributed by atoms with van der Waals surface area (Å²) >= 11 is 0. The van der Waals surface area contributed by atoms with Gasteiger partial charge in [0, 0.05) is 47.2 Å². The fourth-order valence-electron chi connectivity index (χ4n) is 10.1. The van der Waals surface area contributed by atoms with Crippen molar-refractivity contribution in [3.8, 4) is 44.5 Å². The largest absolute Gasteiger partial charge is 0.229 e. The lowest BCUT2D eigenvalue weighted by Gasteiger charge is -2.35. The van der Waals surface area contributed by atoms with Crippen molar-refractivity contribution in [2.24, 2.45) is 0 Å². The molecule has 0 bridgehead atoms. The van der Waals surface area contributed by atoms with Crippen molar-refractivity contribution in [2.75, 3.05) is 7.05 Å². The lowest BCUT2D eigenvalue weighted by atomic mass is 9.71. The Morgan fingerprint density at radius 3 is 1.66 bits per heavy atom. The van der Waals surface area contributed by atoms with Gasteiger partial charge in [0.15, 0.2) is 0 Å². The quantitative estimate of drug-likeness (QED) is 0.153. The standard InChI is InChI=1S/C57H58N/c1-54(2,3)41-34-48-47-33-40(26-31-50(47)57(9,10)53(48)52(35-41)55(4,5)6)39-20-17-21-43(32-39)58(11,42-27-24-38(25-28-42)37-18-13-12-14-19-37)44-29-30-46-45-22-15-16-23-49(45)56(7,8)51(46)36-44/h12-36H,1-11H3/q+1. The van der Waals surface area contributed by atoms with E-state index in [1.807, 2.05) is 0 Å². The van der Waals surface area contributed by atoms with Gasteiger partial charge in [-0.2, -0.15) is 0 Å². The van der Waals surface area contributed by atoms with Crippen LogP contribution >= 0.6 is 0 Å². The third-order valence-electron chi connectivity index (χ3n) is 13.7. The number of quaternary nitrogens is 1. The van der Waals surface area contributed by atoms with Crippen LogP contribution in [-0.4, -0.2) is 7.05 Å². The summed E-state index contributed by atoms with van der Waals surface area (Å²) in [5.41, 5.74) is 22.5. The number of hydrogen-bond acceptors (Lipinski definition) is 0. The molecule has 1 atom stereocenters. The van der Waals surface area contributed by atoms with E-state index in [1.54, 1.807) is 0 Å². The monoisotopic (exact) mass is 756 g/mol. The van der Waals surface area contributed by atoms with E-state index in [-0.39, 0.29) is 21.7 Å². The van der Waals surface area contributed by atoms with E-state index in [4.69, 9.17) is 0 Å². The molecule has 0 aromatic heterocycles. The van der Waals surface area contributed by atoms with Crippen LogP contribution in [0.3, 0.4) is 0 Å². The van der Waals surface area contributed by atoms with Gasteiger partial charge in [-0.05, 0) is 113 Å². The summed E-state index contributed by atoms with van der Waals surface area (Å²) in [5, 5.41) is 0. The maximum atomic E-state index is 2.50. The Hall–Kier alpha value is -5.50. The second-order valence-electron chi connectivity index (χ2n) is 20.2. The maximum Gasteiger partial charge on any atom is 0.143 e. The van der Waals surface area contributed by atoms with Gasteiger partial charge in [-0.3, -0.25) is 0 Å². The van der Waals surface area contributed by atoms with Crippen LogP contribution in [0.2, 0.25) is 0 Å². The van der Waals surface area contributed by atoms with Gasteiger partial charge < -0.3 is 0 Å². The molecule has 0 radical (unpaired) electrons. The minimum atomic E-state index is -0.0972. The maximum absolute atomic E-state index is 2.50. The molecule has 0 N–H and O–H groups in total. The minimum absolute atomic E-state index is 0.0268. The molecule has 2 aliphatic rings. The summed E-state index contributed by atoms with van der Waals surface area (Å²) in [6, 6.07) is 57.7. The van der Waals surface area contributed by atoms with Crippen LogP contribution in [0.15, 0.2) is 152 Å². The number of rotatable bonds is 5. The molecule has 1 heteroatoms. The molecule has 0 spiro atoms. The molecule has 290 valence electrons. The molecule has 1 nitrogen and oxygen atoms in total. The highest BCUT2D eigenvalue weighted by atomic mass is 15.3. The SMILES string of the molecule is CC(C)(C)c1cc2c(c(C(C)(C)C)c1)C(C)(C)c1ccc(-c3cccc([N+](C)(c4ccc(-c5ccccc5)cc4)c4ccc5c(c4)C(C)(C)c4ccccc4-5)c3)cc1-2. The lowest BCUT2D eigenvalue weighted by Crippen LogP contribution is -2.34. The molecule has 0 saturated carbocycles. The number of nitrogens with zero attached hydrogens (tertiary/aromatic N) is 1. The molecule has 0 aliphatic heterocycles. The molecular weight excluding hydrogens is 699 g/mol. The van der Waals surface area contributed by atoms with Gasteiger partial charge in [0.25, 0.3) is 0 Å². The van der Waals surface area contributed by atoms with E-state index in [9.17, 15) is 0 Å². The highest BCUT2D eigenvalue weighted by Gasteiger charge is 2.42. The van der Waals surface area contributed by atoms with Crippen LogP contribution in [0.25, 0.3) is 44.5 Å². The average Bonchev–Trinajstić information content (AvgIpc) is 3.58. The molecule has 7 aromatic carbocycles. The predicted octanol–water partition coefficient (Wildman–Crippen LogP) is 15.8. The first-order chi connectivity index (χ1) is 27.4. The lowest BCUT2D eigenvalue weighted by molar-refractivity contribution is 0.545. The Labute approximate surface area is 347 Å². The van der Waals surface area contributed by atoms with Gasteiger partial charge in [0.1, 0.15) is 17.1 Å². The summed E-state index contributed by atoms with van der Waals surface area (Å²) < 4.78 is 0.535. The topological polar surface area (TPSA) is 0 Å². The van der Waals surface area contributed by atoms with E-state index >= 15 is 0 Å². The molecule has 0 heterocycles. The summed E-state index contributed by atoms with van der Waals surface area (Å²) in [6.45, 7) is 23.7. The van der Waals surface area contributed by atoms with Crippen LogP contribution < -0.4 is 4.48 Å². The molecule has 0 amide bonds. The van der Waals surface area contributed by atoms with Gasteiger partial charge in [-0.1, -0.05) is 160 Å². The van der Waals surface area contributed by atoms with E-state index in [0.717, 1.165) is 0 Å². The van der Waals surface area contributed by atoms with Crippen molar-refractivity contribution in [1.29, 1.82) is 0 Å². The summed E-state index contributed by atoms with van der Waals surface area (Å²) in [6.07, 6.45) is 0. The third kappa shape index (κ3) is 5.84. The van der Waals surface area contributed by atoms with Crippen LogP contribution in [-0.2, 0) is 21.7 Å². The van der Waals surface area contributed by atoms with Crippen molar-refractivity contribution in [2.45, 2.75) is 90.9 Å². The zero-order valence-corrected chi connectivity index (χ0v) is 36.4. The first-order valence-corrected chi connectivity index (χ1v) is 21.1. The summed E-state index contributed by atoms with van der Waals surface area (Å²) in [5.74, 6) is 0. The Morgan fingerprint density at radius 2 is 0.948 bits per heavy atom. The molecule has 9 rings (SSSR count). The Bertz CT molecular complexity index is 2730. The second-order valence-corrected chi connectivity index (χ2v) is 20.2. The number of benzene rings is 7. The molecule has 0 fully saturated rings. The third-order valence-corrected chi connectivity index (χ3v) is 13.7. The van der Waals surface area contributed by atoms with Gasteiger partial charge >= 0.3 is 0 Å². The van der Waals surface area contributed by atoms with E-state index in [2.05, 4.69) is 228 Å². The van der Waals surface area contributed by atoms with Crippen LogP contribution in [0.1, 0.15) is 103 Å². The summed E-state index contributed by atoms with van der Waals surface area (Å²) in [4.78, 5) is 0. The van der Waals surface area contributed by atoms with Crippen LogP contribution in [0.4, 0.5) is 17.1 Å². The van der Waals surface area contributed by atoms with E-state index < -0.39 is 0 Å². The first-order valence-electron chi connectivity index (χ1n) is 21.1. The highest BCUT2D eigenvalue weighted by Crippen LogP contribution is 2.55. The average molecular weight is 757 g/mol. The van der Waals surface area contributed by atoms with E-state index in [0.29, 0.717) is 4.48 Å². The van der Waals surface area contributed by atoms with Crippen molar-refractivity contribution >= 4 is 17.1 Å². The number of hydrogen-bond donors (Lipinski definition) is 0. The van der Waals surface area contributed by atoms with Gasteiger partial charge in [0.05, 0.1) is 7.05 Å². The fraction of sp³-hybridized carbons (Fsp3) is 0.263. The molecular formula is C57H58N+. The normalized spacial score (nSPS) is 15.9. The first kappa shape index (κ1) is 38.0. The molecule has 58 heavy (non-hydrogen) atoms. The minimum Gasteiger partial charge on any atom is -0.229 e. The highest BCUT2D eigenvalue weighted by molar-refractivity contribution is 5.88. The van der Waals surface area contributed by atoms with Crippen molar-refractivity contribution in [3.05, 3.63) is 185 Å². The van der Waals surface area contributed by atoms with Crippen molar-refractivity contribution < 1.29 is 0 Å². The molecule has 7 aromatic rings. The fourth-order valence-corrected chi connectivity index (χ4v) is 10.1.